The number of carbonyl (C=O) groups excluding carboxylic acids is 1. The maximum atomic E-state index is 10.5. The number of H-pyrrole nitrogens is 1. The number of ether oxygens (including phenoxy) is 1. The third kappa shape index (κ3) is 8.05. The van der Waals surface area contributed by atoms with Crippen LogP contribution < -0.4 is 20.9 Å². The topological polar surface area (TPSA) is 167 Å². The highest BCUT2D eigenvalue weighted by atomic mass is 79.9. The zero-order valence-corrected chi connectivity index (χ0v) is 18.4. The number of aromatic nitrogens is 4. The third-order valence-corrected chi connectivity index (χ3v) is 4.35. The standard InChI is InChI=1S/C17H16BrN7O.C2HF3O2/c18-13-6-11(2-3-15(13)26-5-1-4-19)14-7-16(25-24-14)23-17-10-21-12(8-20)9-22-17;3-2(4,5)1(6)7/h2-3,6-7,9-10H,1,4-5,19H2,(H2,22,23,24,25);(H,6,7). The van der Waals surface area contributed by atoms with Crippen molar-refractivity contribution in [1.82, 2.24) is 20.2 Å². The summed E-state index contributed by atoms with van der Waals surface area (Å²) in [7, 11) is 0. The Hall–Kier alpha value is -3.70. The number of halogens is 4. The Kier molecular flexibility index (Phi) is 9.13. The minimum atomic E-state index is -5.19. The summed E-state index contributed by atoms with van der Waals surface area (Å²) in [6, 6.07) is 9.65. The Morgan fingerprint density at radius 1 is 1.27 bits per heavy atom. The second-order valence-corrected chi connectivity index (χ2v) is 7.03. The molecular formula is C19H17BrF3N7O3. The highest BCUT2D eigenvalue weighted by Gasteiger charge is 2.28. The molecule has 0 aliphatic heterocycles. The second kappa shape index (κ2) is 11.8. The van der Waals surface area contributed by atoms with E-state index >= 15 is 0 Å². The van der Waals surface area contributed by atoms with E-state index in [1.54, 1.807) is 0 Å². The number of nitrogens with one attached hydrogen (secondary N) is 2. The molecule has 2 heterocycles. The molecule has 2 aromatic heterocycles. The number of hydrogen-bond acceptors (Lipinski definition) is 8. The van der Waals surface area contributed by atoms with E-state index in [0.29, 0.717) is 18.2 Å². The Morgan fingerprint density at radius 2 is 2.00 bits per heavy atom. The lowest BCUT2D eigenvalue weighted by atomic mass is 10.1. The fourth-order valence-corrected chi connectivity index (χ4v) is 2.68. The summed E-state index contributed by atoms with van der Waals surface area (Å²) in [5, 5.41) is 27.8. The summed E-state index contributed by atoms with van der Waals surface area (Å²) in [5.74, 6) is -1.09. The fraction of sp³-hybridized carbons (Fsp3) is 0.211. The molecule has 3 rings (SSSR count). The van der Waals surface area contributed by atoms with E-state index in [4.69, 9.17) is 19.9 Å². The van der Waals surface area contributed by atoms with Crippen molar-refractivity contribution in [3.8, 4) is 23.1 Å². The molecule has 0 fully saturated rings. The molecule has 0 saturated carbocycles. The van der Waals surface area contributed by atoms with Crippen LogP contribution in [0.15, 0.2) is 41.1 Å². The first-order valence-corrected chi connectivity index (χ1v) is 9.98. The van der Waals surface area contributed by atoms with E-state index in [9.17, 15) is 13.2 Å². The van der Waals surface area contributed by atoms with Crippen molar-refractivity contribution >= 4 is 33.5 Å². The van der Waals surface area contributed by atoms with E-state index < -0.39 is 12.1 Å². The van der Waals surface area contributed by atoms with Gasteiger partial charge in [-0.3, -0.25) is 5.10 Å². The maximum absolute atomic E-state index is 10.5. The summed E-state index contributed by atoms with van der Waals surface area (Å²) >= 11 is 3.54. The number of carboxylic acids is 1. The number of rotatable bonds is 7. The van der Waals surface area contributed by atoms with Gasteiger partial charge in [-0.25, -0.2) is 9.97 Å². The average Bonchev–Trinajstić information content (AvgIpc) is 3.24. The summed E-state index contributed by atoms with van der Waals surface area (Å²) < 4.78 is 38.1. The van der Waals surface area contributed by atoms with E-state index in [0.717, 1.165) is 34.4 Å². The van der Waals surface area contributed by atoms with Crippen LogP contribution in [0.1, 0.15) is 12.1 Å². The number of carboxylic acid groups (broad SMARTS) is 1. The summed E-state index contributed by atoms with van der Waals surface area (Å²) in [4.78, 5) is 16.9. The first-order chi connectivity index (χ1) is 15.6. The Morgan fingerprint density at radius 3 is 2.55 bits per heavy atom. The molecule has 0 spiro atoms. The quantitative estimate of drug-likeness (QED) is 0.389. The van der Waals surface area contributed by atoms with Gasteiger partial charge in [0.05, 0.1) is 35.7 Å². The lowest BCUT2D eigenvalue weighted by molar-refractivity contribution is -0.368. The first-order valence-electron chi connectivity index (χ1n) is 9.18. The van der Waals surface area contributed by atoms with Gasteiger partial charge >= 0.3 is 6.18 Å². The number of aliphatic carboxylic acids is 1. The van der Waals surface area contributed by atoms with Gasteiger partial charge in [-0.05, 0) is 34.1 Å². The van der Waals surface area contributed by atoms with Crippen molar-refractivity contribution in [1.29, 1.82) is 5.26 Å². The van der Waals surface area contributed by atoms with Crippen molar-refractivity contribution in [3.05, 3.63) is 46.8 Å². The average molecular weight is 528 g/mol. The van der Waals surface area contributed by atoms with Crippen LogP contribution in [0.4, 0.5) is 24.8 Å². The Balaban J connectivity index is 0.000000479. The van der Waals surface area contributed by atoms with Crippen molar-refractivity contribution in [3.63, 3.8) is 0 Å². The van der Waals surface area contributed by atoms with Gasteiger partial charge in [-0.1, -0.05) is 0 Å². The van der Waals surface area contributed by atoms with Gasteiger partial charge in [0.15, 0.2) is 11.5 Å². The molecule has 0 radical (unpaired) electrons. The number of anilines is 2. The smallest absolute Gasteiger partial charge is 0.430 e. The van der Waals surface area contributed by atoms with Crippen LogP contribution in [-0.4, -0.2) is 45.5 Å². The molecular weight excluding hydrogens is 511 g/mol. The van der Waals surface area contributed by atoms with Crippen molar-refractivity contribution in [2.24, 2.45) is 0 Å². The number of nitrogens with zero attached hydrogens (tertiary/aromatic N) is 4. The highest BCUT2D eigenvalue weighted by molar-refractivity contribution is 9.10. The van der Waals surface area contributed by atoms with Crippen molar-refractivity contribution in [2.75, 3.05) is 18.5 Å². The molecule has 0 amide bonds. The van der Waals surface area contributed by atoms with Crippen LogP contribution in [0.3, 0.4) is 0 Å². The monoisotopic (exact) mass is 527 g/mol. The van der Waals surface area contributed by atoms with E-state index in [1.165, 1.54) is 12.4 Å². The number of nitriles is 1. The zero-order valence-electron chi connectivity index (χ0n) is 16.8. The van der Waals surface area contributed by atoms with Gasteiger partial charge in [0.25, 0.3) is 0 Å². The summed E-state index contributed by atoms with van der Waals surface area (Å²) in [5.41, 5.74) is 5.88. The third-order valence-electron chi connectivity index (χ3n) is 3.73. The van der Waals surface area contributed by atoms with E-state index in [-0.39, 0.29) is 5.69 Å². The van der Waals surface area contributed by atoms with Gasteiger partial charge in [0, 0.05) is 18.1 Å². The van der Waals surface area contributed by atoms with Crippen LogP contribution in [0.25, 0.3) is 11.3 Å². The molecule has 33 heavy (non-hydrogen) atoms. The van der Waals surface area contributed by atoms with E-state index in [2.05, 4.69) is 47.1 Å². The summed E-state index contributed by atoms with van der Waals surface area (Å²) in [6.45, 7) is 1.49. The molecule has 1 aromatic carbocycles. The minimum Gasteiger partial charge on any atom is -0.542 e. The normalized spacial score (nSPS) is 10.5. The lowest BCUT2D eigenvalue weighted by Crippen LogP contribution is -2.50. The fourth-order valence-electron chi connectivity index (χ4n) is 2.18. The van der Waals surface area contributed by atoms with Crippen LogP contribution in [0.5, 0.6) is 5.75 Å². The largest absolute Gasteiger partial charge is 0.542 e. The van der Waals surface area contributed by atoms with Gasteiger partial charge in [0.1, 0.15) is 23.6 Å². The number of aromatic amines is 1. The molecule has 0 bridgehead atoms. The Labute approximate surface area is 193 Å². The molecule has 0 aliphatic rings. The van der Waals surface area contributed by atoms with Gasteiger partial charge in [0.2, 0.25) is 0 Å². The molecule has 10 nitrogen and oxygen atoms in total. The second-order valence-electron chi connectivity index (χ2n) is 6.18. The predicted molar refractivity (Wildman–Crippen MR) is 111 cm³/mol. The molecule has 0 aliphatic carbocycles. The van der Waals surface area contributed by atoms with Gasteiger partial charge in [-0.2, -0.15) is 23.5 Å². The van der Waals surface area contributed by atoms with Gasteiger partial charge < -0.3 is 25.7 Å². The highest BCUT2D eigenvalue weighted by Crippen LogP contribution is 2.31. The zero-order chi connectivity index (χ0) is 24.4. The van der Waals surface area contributed by atoms with Crippen LogP contribution in [0, 0.1) is 11.3 Å². The number of benzene rings is 1. The molecule has 3 aromatic rings. The number of alkyl halides is 3. The summed E-state index contributed by atoms with van der Waals surface area (Å²) in [6.07, 6.45) is -1.39. The minimum absolute atomic E-state index is 0.264. The van der Waals surface area contributed by atoms with E-state index in [1.807, 2.05) is 30.3 Å². The van der Waals surface area contributed by atoms with Crippen LogP contribution in [-0.2, 0) is 4.79 Å². The molecule has 174 valence electrons. The molecule has 0 unspecified atom stereocenters. The molecule has 5 N–H and O–H groups in total. The molecule has 0 saturated heterocycles. The van der Waals surface area contributed by atoms with Crippen LogP contribution in [0.2, 0.25) is 0 Å². The number of hydrogen-bond donors (Lipinski definition) is 3. The van der Waals surface area contributed by atoms with Crippen molar-refractivity contribution < 1.29 is 33.5 Å². The maximum Gasteiger partial charge on any atom is 0.430 e. The van der Waals surface area contributed by atoms with Gasteiger partial charge in [-0.15, -0.1) is 0 Å². The van der Waals surface area contributed by atoms with Crippen LogP contribution >= 0.6 is 15.9 Å². The number of quaternary nitrogens is 1. The predicted octanol–water partition coefficient (Wildman–Crippen LogP) is 1.55. The first kappa shape index (κ1) is 25.6. The molecule has 14 heteroatoms. The number of carbonyl (C=O) groups is 1. The molecule has 0 atom stereocenters. The Bertz CT molecular complexity index is 1120. The SMILES string of the molecule is N#Cc1cnc(Nc2cc(-c3ccc(OCCC[NH3+])c(Br)c3)[nH]n2)cn1.O=C([O-])C(F)(F)F. The van der Waals surface area contributed by atoms with Crippen molar-refractivity contribution in [2.45, 2.75) is 12.6 Å². The lowest BCUT2D eigenvalue weighted by Gasteiger charge is -2.08.